The van der Waals surface area contributed by atoms with Gasteiger partial charge in [0.2, 0.25) is 5.79 Å². The molecule has 5 heteroatoms. The highest BCUT2D eigenvalue weighted by Crippen LogP contribution is 2.59. The molecule has 6 aliphatic carbocycles. The molecule has 1 aromatic carbocycles. The molecule has 0 aromatic heterocycles. The molecule has 1 aromatic rings. The van der Waals surface area contributed by atoms with E-state index in [1.165, 1.54) is 73.8 Å². The molecule has 0 N–H and O–H groups in total. The van der Waals surface area contributed by atoms with E-state index < -0.39 is 11.6 Å². The molecule has 5 nitrogen and oxygen atoms in total. The number of allylic oxidation sites excluding steroid dienone is 3. The van der Waals surface area contributed by atoms with Crippen molar-refractivity contribution in [3.8, 4) is 0 Å². The van der Waals surface area contributed by atoms with Crippen LogP contribution in [0.4, 0.5) is 0 Å². The van der Waals surface area contributed by atoms with Gasteiger partial charge in [-0.15, -0.1) is 0 Å². The third-order valence-electron chi connectivity index (χ3n) is 11.4. The minimum absolute atomic E-state index is 0.266. The van der Waals surface area contributed by atoms with Crippen molar-refractivity contribution in [2.75, 3.05) is 28.4 Å². The smallest absolute Gasteiger partial charge is 0.222 e. The van der Waals surface area contributed by atoms with Crippen LogP contribution in [0.25, 0.3) is 5.57 Å². The first-order chi connectivity index (χ1) is 20.1. The van der Waals surface area contributed by atoms with Gasteiger partial charge in [-0.2, -0.15) is 0 Å². The number of fused-ring (bicyclic) bond motifs is 5. The Hall–Kier alpha value is -2.18. The van der Waals surface area contributed by atoms with Gasteiger partial charge in [0.15, 0.2) is 5.79 Å². The lowest BCUT2D eigenvalue weighted by atomic mass is 9.73. The summed E-state index contributed by atoms with van der Waals surface area (Å²) in [5.74, 6) is -0.445. The number of ether oxygens (including phenoxy) is 4. The summed E-state index contributed by atoms with van der Waals surface area (Å²) in [6.45, 7) is 0. The van der Waals surface area contributed by atoms with E-state index in [-0.39, 0.29) is 6.04 Å². The normalized spacial score (nSPS) is 31.4. The van der Waals surface area contributed by atoms with E-state index in [4.69, 9.17) is 18.9 Å². The number of methoxy groups -OCH3 is 4. The zero-order valence-corrected chi connectivity index (χ0v) is 25.4. The lowest BCUT2D eigenvalue weighted by Crippen LogP contribution is -2.51. The Bertz CT molecular complexity index is 1300. The highest BCUT2D eigenvalue weighted by Gasteiger charge is 2.57. The second kappa shape index (κ2) is 10.8. The summed E-state index contributed by atoms with van der Waals surface area (Å²) in [5.41, 5.74) is 9.47. The first-order valence-electron chi connectivity index (χ1n) is 16.0. The molecular weight excluding hydrogens is 510 g/mol. The van der Waals surface area contributed by atoms with Gasteiger partial charge < -0.3 is 23.8 Å². The predicted molar refractivity (Wildman–Crippen MR) is 162 cm³/mol. The SMILES string of the molecule is COC1(OC)C2=CC(N(C3=CCCCC3)C3CCC4C5=C(CCCC5)C(OC)(OC)C4C3)CC=C2c2ccccc21. The molecule has 0 heterocycles. The third-order valence-corrected chi connectivity index (χ3v) is 11.4. The number of rotatable bonds is 7. The van der Waals surface area contributed by atoms with E-state index >= 15 is 0 Å². The van der Waals surface area contributed by atoms with Gasteiger partial charge in [-0.25, -0.2) is 0 Å². The minimum atomic E-state index is -0.860. The molecule has 0 bridgehead atoms. The maximum absolute atomic E-state index is 6.39. The quantitative estimate of drug-likeness (QED) is 0.254. The summed E-state index contributed by atoms with van der Waals surface area (Å²) >= 11 is 0. The van der Waals surface area contributed by atoms with E-state index in [2.05, 4.69) is 47.4 Å². The van der Waals surface area contributed by atoms with Crippen LogP contribution in [0.5, 0.6) is 0 Å². The van der Waals surface area contributed by atoms with Gasteiger partial charge in [0.25, 0.3) is 0 Å². The molecule has 6 aliphatic rings. The molecular formula is C36H47NO4. The summed E-state index contributed by atoms with van der Waals surface area (Å²) in [4.78, 5) is 2.82. The third kappa shape index (κ3) is 4.02. The maximum Gasteiger partial charge on any atom is 0.222 e. The van der Waals surface area contributed by atoms with Crippen molar-refractivity contribution in [1.29, 1.82) is 0 Å². The first kappa shape index (κ1) is 27.6. The Morgan fingerprint density at radius 2 is 1.61 bits per heavy atom. The molecule has 4 unspecified atom stereocenters. The van der Waals surface area contributed by atoms with Crippen molar-refractivity contribution < 1.29 is 18.9 Å². The molecule has 0 amide bonds. The Balaban J connectivity index is 1.26. The molecule has 4 atom stereocenters. The van der Waals surface area contributed by atoms with Crippen LogP contribution in [0.3, 0.4) is 0 Å². The fourth-order valence-electron chi connectivity index (χ4n) is 9.71. The van der Waals surface area contributed by atoms with Crippen molar-refractivity contribution in [3.05, 3.63) is 76.0 Å². The van der Waals surface area contributed by atoms with Crippen LogP contribution in [0.1, 0.15) is 88.2 Å². The number of hydrogen-bond acceptors (Lipinski definition) is 5. The van der Waals surface area contributed by atoms with Crippen LogP contribution < -0.4 is 0 Å². The van der Waals surface area contributed by atoms with Gasteiger partial charge in [0.05, 0.1) is 6.04 Å². The lowest BCUT2D eigenvalue weighted by molar-refractivity contribution is -0.221. The van der Waals surface area contributed by atoms with Gasteiger partial charge in [0, 0.05) is 57.2 Å². The van der Waals surface area contributed by atoms with Crippen molar-refractivity contribution in [2.45, 2.75) is 101 Å². The maximum atomic E-state index is 6.39. The van der Waals surface area contributed by atoms with Crippen molar-refractivity contribution in [3.63, 3.8) is 0 Å². The molecule has 1 saturated carbocycles. The van der Waals surface area contributed by atoms with Crippen LogP contribution >= 0.6 is 0 Å². The Labute approximate surface area is 246 Å². The van der Waals surface area contributed by atoms with E-state index in [0.717, 1.165) is 36.8 Å². The van der Waals surface area contributed by atoms with E-state index in [0.29, 0.717) is 17.9 Å². The zero-order valence-electron chi connectivity index (χ0n) is 25.4. The van der Waals surface area contributed by atoms with Crippen LogP contribution in [0.15, 0.2) is 64.9 Å². The predicted octanol–water partition coefficient (Wildman–Crippen LogP) is 7.65. The lowest BCUT2D eigenvalue weighted by Gasteiger charge is -2.49. The van der Waals surface area contributed by atoms with Crippen molar-refractivity contribution in [1.82, 2.24) is 4.90 Å². The molecule has 0 aliphatic heterocycles. The first-order valence-corrected chi connectivity index (χ1v) is 16.0. The van der Waals surface area contributed by atoms with E-state index in [1.807, 2.05) is 14.2 Å². The summed E-state index contributed by atoms with van der Waals surface area (Å²) in [5, 5.41) is 0. The number of hydrogen-bond donors (Lipinski definition) is 0. The fourth-order valence-corrected chi connectivity index (χ4v) is 9.71. The summed E-state index contributed by atoms with van der Waals surface area (Å²) < 4.78 is 25.2. The fraction of sp³-hybridized carbons (Fsp3) is 0.611. The van der Waals surface area contributed by atoms with E-state index in [1.54, 1.807) is 19.8 Å². The van der Waals surface area contributed by atoms with Gasteiger partial charge in [-0.05, 0) is 99.7 Å². The molecule has 7 rings (SSSR count). The highest BCUT2D eigenvalue weighted by molar-refractivity contribution is 5.89. The van der Waals surface area contributed by atoms with Crippen LogP contribution in [0.2, 0.25) is 0 Å². The molecule has 41 heavy (non-hydrogen) atoms. The number of nitrogens with zero attached hydrogens (tertiary/aromatic N) is 1. The van der Waals surface area contributed by atoms with Crippen LogP contribution in [-0.4, -0.2) is 51.2 Å². The van der Waals surface area contributed by atoms with Crippen LogP contribution in [-0.2, 0) is 24.7 Å². The Morgan fingerprint density at radius 1 is 0.829 bits per heavy atom. The molecule has 0 spiro atoms. The average molecular weight is 558 g/mol. The highest BCUT2D eigenvalue weighted by atomic mass is 16.7. The Kier molecular flexibility index (Phi) is 7.30. The zero-order chi connectivity index (χ0) is 28.2. The summed E-state index contributed by atoms with van der Waals surface area (Å²) in [6.07, 6.45) is 21.8. The number of benzene rings is 1. The summed E-state index contributed by atoms with van der Waals surface area (Å²) in [7, 11) is 7.31. The van der Waals surface area contributed by atoms with Gasteiger partial charge in [0.1, 0.15) is 0 Å². The van der Waals surface area contributed by atoms with Crippen molar-refractivity contribution in [2.24, 2.45) is 11.8 Å². The molecule has 220 valence electrons. The van der Waals surface area contributed by atoms with E-state index in [9.17, 15) is 0 Å². The molecule has 0 saturated heterocycles. The van der Waals surface area contributed by atoms with Gasteiger partial charge in [-0.1, -0.05) is 48.1 Å². The van der Waals surface area contributed by atoms with Gasteiger partial charge >= 0.3 is 0 Å². The molecule has 1 fully saturated rings. The topological polar surface area (TPSA) is 40.2 Å². The summed E-state index contributed by atoms with van der Waals surface area (Å²) in [6, 6.07) is 9.29. The van der Waals surface area contributed by atoms with Crippen LogP contribution in [0, 0.1) is 11.8 Å². The Morgan fingerprint density at radius 3 is 2.37 bits per heavy atom. The van der Waals surface area contributed by atoms with Gasteiger partial charge in [-0.3, -0.25) is 0 Å². The largest absolute Gasteiger partial charge is 0.365 e. The average Bonchev–Trinajstić information content (AvgIpc) is 3.48. The standard InChI is InChI=1S/C36H47NO4/c1-38-35(39-2)31-16-10-8-14-27(31)29-20-18-25(22-33(29)35)37(24-12-6-5-7-13-24)26-19-21-30-28-15-9-11-17-32(28)36(40-3,41-4)34(30)23-26/h8,10,12,14,16,20,22,25-26,30,34H,5-7,9,11,13,15,17-19,21,23H2,1-4H3. The van der Waals surface area contributed by atoms with Crippen molar-refractivity contribution >= 4 is 5.57 Å². The second-order valence-electron chi connectivity index (χ2n) is 12.9. The second-order valence-corrected chi connectivity index (χ2v) is 12.9. The monoisotopic (exact) mass is 557 g/mol. The minimum Gasteiger partial charge on any atom is -0.365 e. The molecule has 0 radical (unpaired) electrons.